The molecule has 0 aromatic heterocycles. The van der Waals surface area contributed by atoms with Gasteiger partial charge in [-0.25, -0.2) is 0 Å². The molecule has 2 heterocycles. The molecule has 6 heteroatoms. The zero-order valence-electron chi connectivity index (χ0n) is 21.7. The van der Waals surface area contributed by atoms with Gasteiger partial charge in [-0.2, -0.15) is 0 Å². The van der Waals surface area contributed by atoms with Gasteiger partial charge in [-0.05, 0) is 31.3 Å². The van der Waals surface area contributed by atoms with E-state index in [1.54, 1.807) is 0 Å². The van der Waals surface area contributed by atoms with Crippen LogP contribution in [0.2, 0.25) is 0 Å². The molecule has 0 saturated carbocycles. The van der Waals surface area contributed by atoms with Crippen LogP contribution in [0.4, 0.5) is 0 Å². The number of guanidine groups is 1. The minimum absolute atomic E-state index is 0.188. The van der Waals surface area contributed by atoms with E-state index in [0.717, 1.165) is 64.2 Å². The lowest BCUT2D eigenvalue weighted by atomic mass is 10.0. The summed E-state index contributed by atoms with van der Waals surface area (Å²) in [5.74, 6) is 1.04. The van der Waals surface area contributed by atoms with Crippen LogP contribution in [0.15, 0.2) is 17.1 Å². The van der Waals surface area contributed by atoms with E-state index in [0.29, 0.717) is 6.17 Å². The van der Waals surface area contributed by atoms with Crippen molar-refractivity contribution in [3.05, 3.63) is 12.2 Å². The summed E-state index contributed by atoms with van der Waals surface area (Å²) < 4.78 is 0. The molecule has 2 rings (SSSR count). The highest BCUT2D eigenvalue weighted by Gasteiger charge is 2.48. The maximum atomic E-state index is 11.4. The van der Waals surface area contributed by atoms with Crippen LogP contribution in [-0.2, 0) is 0 Å². The van der Waals surface area contributed by atoms with Crippen LogP contribution in [0.1, 0.15) is 110 Å². The minimum Gasteiger partial charge on any atom is -0.370 e. The normalized spacial score (nSPS) is 25.0. The predicted molar refractivity (Wildman–Crippen MR) is 140 cm³/mol. The summed E-state index contributed by atoms with van der Waals surface area (Å²) in [7, 11) is 0. The molecular weight excluding hydrogens is 410 g/mol. The fourth-order valence-electron chi connectivity index (χ4n) is 5.54. The third-order valence-electron chi connectivity index (χ3n) is 7.49. The average molecular weight is 465 g/mol. The van der Waals surface area contributed by atoms with Gasteiger partial charge in [0.1, 0.15) is 0 Å². The zero-order valence-corrected chi connectivity index (χ0v) is 21.7. The highest BCUT2D eigenvalue weighted by atomic mass is 16.3. The Morgan fingerprint density at radius 2 is 1.64 bits per heavy atom. The standard InChI is InChI=1S/C27H53N5O/c1-24(2)16-11-8-6-4-3-5-7-9-12-18-27(33)19-17-25-31(22-15-23-32(25)27)21-14-10-13-20-30-26(28)29/h17,19,24-25,33H,3-16,18,20-23H2,1-2H3,(H4,28,29,30)/p+1. The van der Waals surface area contributed by atoms with Gasteiger partial charge in [0.2, 0.25) is 5.72 Å². The predicted octanol–water partition coefficient (Wildman–Crippen LogP) is 3.55. The van der Waals surface area contributed by atoms with Crippen molar-refractivity contribution >= 4 is 5.96 Å². The molecule has 1 saturated heterocycles. The second-order valence-electron chi connectivity index (χ2n) is 10.9. The van der Waals surface area contributed by atoms with Crippen molar-refractivity contribution in [3.8, 4) is 0 Å². The first-order valence-corrected chi connectivity index (χ1v) is 14.0. The van der Waals surface area contributed by atoms with Crippen molar-refractivity contribution < 1.29 is 10.0 Å². The quantitative estimate of drug-likeness (QED) is 0.108. The Morgan fingerprint density at radius 1 is 1.00 bits per heavy atom. The van der Waals surface area contributed by atoms with Crippen LogP contribution >= 0.6 is 0 Å². The van der Waals surface area contributed by atoms with Crippen LogP contribution in [-0.4, -0.2) is 54.0 Å². The fourth-order valence-corrected chi connectivity index (χ4v) is 5.54. The molecule has 0 aliphatic carbocycles. The number of hydrogen-bond acceptors (Lipinski definition) is 3. The van der Waals surface area contributed by atoms with Crippen LogP contribution in [0.3, 0.4) is 0 Å². The first kappa shape index (κ1) is 28.1. The number of quaternary nitrogens is 1. The molecule has 0 radical (unpaired) electrons. The van der Waals surface area contributed by atoms with E-state index in [2.05, 4.69) is 35.9 Å². The molecule has 0 spiro atoms. The molecule has 2 aliphatic heterocycles. The first-order chi connectivity index (χ1) is 15.9. The van der Waals surface area contributed by atoms with Gasteiger partial charge in [-0.3, -0.25) is 14.8 Å². The fraction of sp³-hybridized carbons (Fsp3) is 0.889. The molecule has 192 valence electrons. The second kappa shape index (κ2) is 15.7. The topological polar surface area (TPSA) is 92.3 Å². The van der Waals surface area contributed by atoms with Crippen LogP contribution < -0.4 is 16.4 Å². The van der Waals surface area contributed by atoms with Gasteiger partial charge in [0.15, 0.2) is 12.1 Å². The monoisotopic (exact) mass is 464 g/mol. The van der Waals surface area contributed by atoms with Crippen molar-refractivity contribution in [2.75, 3.05) is 26.2 Å². The van der Waals surface area contributed by atoms with E-state index in [1.807, 2.05) is 0 Å². The Hall–Kier alpha value is -1.11. The Morgan fingerprint density at radius 3 is 2.30 bits per heavy atom. The molecule has 33 heavy (non-hydrogen) atoms. The van der Waals surface area contributed by atoms with Gasteiger partial charge >= 0.3 is 0 Å². The van der Waals surface area contributed by atoms with Gasteiger partial charge in [0.25, 0.3) is 0 Å². The van der Waals surface area contributed by atoms with Gasteiger partial charge in [0, 0.05) is 38.6 Å². The maximum absolute atomic E-state index is 11.4. The first-order valence-electron chi connectivity index (χ1n) is 14.0. The number of nitrogens with two attached hydrogens (primary N) is 2. The Labute approximate surface area is 203 Å². The summed E-state index contributed by atoms with van der Waals surface area (Å²) in [6.45, 7) is 8.67. The van der Waals surface area contributed by atoms with Crippen LogP contribution in [0.25, 0.3) is 0 Å². The van der Waals surface area contributed by atoms with E-state index in [9.17, 15) is 5.11 Å². The Balaban J connectivity index is 1.55. The largest absolute Gasteiger partial charge is 0.370 e. The molecule has 2 aliphatic rings. The zero-order chi connectivity index (χ0) is 23.9. The number of fused-ring (bicyclic) bond motifs is 1. The second-order valence-corrected chi connectivity index (χ2v) is 10.9. The molecule has 0 bridgehead atoms. The van der Waals surface area contributed by atoms with Gasteiger partial charge in [-0.1, -0.05) is 78.1 Å². The lowest BCUT2D eigenvalue weighted by Gasteiger charge is -2.42. The number of unbranched alkanes of at least 4 members (excludes halogenated alkanes) is 10. The van der Waals surface area contributed by atoms with Gasteiger partial charge < -0.3 is 16.6 Å². The number of nitrogens with zero attached hydrogens (tertiary/aromatic N) is 2. The molecule has 1 fully saturated rings. The summed E-state index contributed by atoms with van der Waals surface area (Å²) in [5, 5.41) is 11.4. The number of nitrogens with one attached hydrogen (secondary N) is 1. The van der Waals surface area contributed by atoms with Crippen LogP contribution in [0, 0.1) is 5.92 Å². The van der Waals surface area contributed by atoms with E-state index in [4.69, 9.17) is 11.5 Å². The molecule has 3 atom stereocenters. The summed E-state index contributed by atoms with van der Waals surface area (Å²) in [5.41, 5.74) is 10.1. The molecule has 6 nitrogen and oxygen atoms in total. The molecule has 3 unspecified atom stereocenters. The Kier molecular flexibility index (Phi) is 13.4. The highest BCUT2D eigenvalue weighted by molar-refractivity contribution is 5.75. The molecule has 0 aromatic rings. The summed E-state index contributed by atoms with van der Waals surface area (Å²) >= 11 is 0. The number of hydrogen-bond donors (Lipinski definition) is 4. The molecular formula is C27H54N5O+. The smallest absolute Gasteiger partial charge is 0.220 e. The third kappa shape index (κ3) is 10.8. The summed E-state index contributed by atoms with van der Waals surface area (Å²) in [6, 6.07) is 0. The van der Waals surface area contributed by atoms with Gasteiger partial charge in [-0.15, -0.1) is 0 Å². The van der Waals surface area contributed by atoms with Crippen molar-refractivity contribution in [1.82, 2.24) is 4.90 Å². The van der Waals surface area contributed by atoms with Crippen LogP contribution in [0.5, 0.6) is 0 Å². The molecule has 0 amide bonds. The van der Waals surface area contributed by atoms with Crippen molar-refractivity contribution in [2.45, 2.75) is 122 Å². The minimum atomic E-state index is -0.660. The molecule has 0 aromatic carbocycles. The van der Waals surface area contributed by atoms with Gasteiger partial charge in [0.05, 0.1) is 6.54 Å². The lowest BCUT2D eigenvalue weighted by molar-refractivity contribution is -0.995. The third-order valence-corrected chi connectivity index (χ3v) is 7.49. The van der Waals surface area contributed by atoms with E-state index in [-0.39, 0.29) is 5.96 Å². The van der Waals surface area contributed by atoms with Crippen molar-refractivity contribution in [1.29, 1.82) is 0 Å². The van der Waals surface area contributed by atoms with Crippen molar-refractivity contribution in [3.63, 3.8) is 0 Å². The van der Waals surface area contributed by atoms with E-state index < -0.39 is 5.72 Å². The molecule has 6 N–H and O–H groups in total. The van der Waals surface area contributed by atoms with E-state index >= 15 is 0 Å². The number of rotatable bonds is 18. The Bertz CT molecular complexity index is 575. The van der Waals surface area contributed by atoms with E-state index in [1.165, 1.54) is 69.1 Å². The summed E-state index contributed by atoms with van der Waals surface area (Å²) in [6.07, 6.45) is 23.6. The number of aliphatic hydroxyl groups is 1. The number of aliphatic imine (C=N–C) groups is 1. The lowest BCUT2D eigenvalue weighted by Crippen LogP contribution is -3.24. The summed E-state index contributed by atoms with van der Waals surface area (Å²) in [4.78, 5) is 7.98. The maximum Gasteiger partial charge on any atom is 0.220 e. The highest BCUT2D eigenvalue weighted by Crippen LogP contribution is 2.21. The average Bonchev–Trinajstić information content (AvgIpc) is 3.11. The SMILES string of the molecule is CC(C)CCCCCCCCCCCC1(O)C=CC2N(CCCCCN=C(N)N)CCC[NH+]21. The van der Waals surface area contributed by atoms with Crippen molar-refractivity contribution in [2.24, 2.45) is 22.4 Å².